The van der Waals surface area contributed by atoms with Crippen LogP contribution in [0.3, 0.4) is 0 Å². The molecule has 2 atom stereocenters. The topological polar surface area (TPSA) is 90.7 Å². The molecule has 0 unspecified atom stereocenters. The zero-order chi connectivity index (χ0) is 23.0. The van der Waals surface area contributed by atoms with Crippen molar-refractivity contribution in [3.63, 3.8) is 0 Å². The average molecular weight is 486 g/mol. The molecule has 174 valence electrons. The van der Waals surface area contributed by atoms with Crippen molar-refractivity contribution in [1.29, 1.82) is 0 Å². The van der Waals surface area contributed by atoms with Crippen molar-refractivity contribution >= 4 is 33.2 Å². The van der Waals surface area contributed by atoms with Gasteiger partial charge in [-0.3, -0.25) is 0 Å². The summed E-state index contributed by atoms with van der Waals surface area (Å²) >= 11 is 6.05. The smallest absolute Gasteiger partial charge is 0.328 e. The molecule has 4 rings (SSSR count). The number of esters is 1. The Morgan fingerprint density at radius 2 is 2.00 bits per heavy atom. The Morgan fingerprint density at radius 1 is 1.28 bits per heavy atom. The maximum atomic E-state index is 13.5. The third-order valence-electron chi connectivity index (χ3n) is 6.04. The van der Waals surface area contributed by atoms with Gasteiger partial charge in [-0.1, -0.05) is 11.6 Å². The second kappa shape index (κ2) is 8.99. The number of aromatic nitrogens is 2. The molecule has 0 bridgehead atoms. The third-order valence-corrected chi connectivity index (χ3v) is 8.66. The molecule has 0 aliphatic carbocycles. The maximum absolute atomic E-state index is 13.5. The fourth-order valence-electron chi connectivity index (χ4n) is 4.44. The van der Waals surface area contributed by atoms with E-state index in [4.69, 9.17) is 21.1 Å². The highest BCUT2D eigenvalue weighted by Crippen LogP contribution is 2.37. The van der Waals surface area contributed by atoms with Gasteiger partial charge in [0.1, 0.15) is 17.7 Å². The molecule has 32 heavy (non-hydrogen) atoms. The van der Waals surface area contributed by atoms with Crippen LogP contribution < -0.4 is 4.90 Å². The number of anilines is 1. The van der Waals surface area contributed by atoms with Crippen molar-refractivity contribution in [2.45, 2.75) is 48.4 Å². The molecule has 11 heteroatoms. The molecule has 2 aliphatic rings. The lowest BCUT2D eigenvalue weighted by Crippen LogP contribution is -2.39. The van der Waals surface area contributed by atoms with E-state index in [2.05, 4.69) is 5.10 Å². The summed E-state index contributed by atoms with van der Waals surface area (Å²) < 4.78 is 52.5. The molecule has 0 saturated carbocycles. The fourth-order valence-corrected chi connectivity index (χ4v) is 6.67. The second-order valence-electron chi connectivity index (χ2n) is 8.10. The Morgan fingerprint density at radius 3 is 2.66 bits per heavy atom. The van der Waals surface area contributed by atoms with Gasteiger partial charge in [-0.15, -0.1) is 0 Å². The van der Waals surface area contributed by atoms with Crippen LogP contribution in [0.15, 0.2) is 29.2 Å². The van der Waals surface area contributed by atoms with Gasteiger partial charge in [0, 0.05) is 25.8 Å². The molecule has 2 aromatic rings. The Hall–Kier alpha value is -2.17. The van der Waals surface area contributed by atoms with Gasteiger partial charge in [0.25, 0.3) is 0 Å². The molecule has 1 aromatic heterocycles. The van der Waals surface area contributed by atoms with E-state index in [9.17, 15) is 17.6 Å². The molecule has 2 fully saturated rings. The minimum Gasteiger partial charge on any atom is -0.467 e. The van der Waals surface area contributed by atoms with E-state index < -0.39 is 32.9 Å². The van der Waals surface area contributed by atoms with E-state index in [0.717, 1.165) is 30.7 Å². The SMILES string of the molecule is COC(=O)[C@@H]1C[C@@H](S(=O)(=O)c2ccc(F)cc2Cl)CN1c1cc(C)nn1C1CCOCC1. The van der Waals surface area contributed by atoms with Gasteiger partial charge >= 0.3 is 5.97 Å². The first-order valence-corrected chi connectivity index (χ1v) is 12.3. The second-order valence-corrected chi connectivity index (χ2v) is 10.7. The number of aryl methyl sites for hydroxylation is 1. The number of carbonyl (C=O) groups excluding carboxylic acids is 1. The van der Waals surface area contributed by atoms with Gasteiger partial charge in [0.2, 0.25) is 0 Å². The summed E-state index contributed by atoms with van der Waals surface area (Å²) in [6, 6.07) is 4.35. The molecule has 0 amide bonds. The monoisotopic (exact) mass is 485 g/mol. The molecule has 2 aliphatic heterocycles. The highest BCUT2D eigenvalue weighted by atomic mass is 35.5. The van der Waals surface area contributed by atoms with Crippen molar-refractivity contribution in [3.8, 4) is 0 Å². The van der Waals surface area contributed by atoms with Crippen LogP contribution in [0.1, 0.15) is 31.0 Å². The Labute approximate surface area is 191 Å². The number of rotatable bonds is 5. The van der Waals surface area contributed by atoms with Crippen LogP contribution in [0.5, 0.6) is 0 Å². The highest BCUT2D eigenvalue weighted by Gasteiger charge is 2.46. The van der Waals surface area contributed by atoms with Gasteiger partial charge in [-0.2, -0.15) is 5.10 Å². The van der Waals surface area contributed by atoms with E-state index in [-0.39, 0.29) is 28.9 Å². The molecule has 2 saturated heterocycles. The Balaban J connectivity index is 1.71. The van der Waals surface area contributed by atoms with Gasteiger partial charge < -0.3 is 14.4 Å². The van der Waals surface area contributed by atoms with Crippen molar-refractivity contribution in [2.75, 3.05) is 31.8 Å². The predicted octanol–water partition coefficient (Wildman–Crippen LogP) is 2.93. The number of halogens is 2. The van der Waals surface area contributed by atoms with Crippen molar-refractivity contribution in [3.05, 3.63) is 40.8 Å². The standard InChI is InChI=1S/C21H25ClFN3O5S/c1-13-9-20(26(24-13)15-5-7-31-8-6-15)25-12-16(11-18(25)21(27)30-2)32(28,29)19-4-3-14(23)10-17(19)22/h3-4,9-10,15-16,18H,5-8,11-12H2,1-2H3/t16-,18+/m1/s1. The number of sulfone groups is 1. The van der Waals surface area contributed by atoms with E-state index in [1.807, 2.05) is 17.7 Å². The minimum atomic E-state index is -3.93. The zero-order valence-electron chi connectivity index (χ0n) is 17.8. The molecule has 0 radical (unpaired) electrons. The molecule has 0 spiro atoms. The van der Waals surface area contributed by atoms with Gasteiger partial charge in [0.15, 0.2) is 9.84 Å². The maximum Gasteiger partial charge on any atom is 0.328 e. The van der Waals surface area contributed by atoms with Crippen molar-refractivity contribution in [1.82, 2.24) is 9.78 Å². The van der Waals surface area contributed by atoms with E-state index in [1.165, 1.54) is 13.2 Å². The van der Waals surface area contributed by atoms with Crippen LogP contribution in [0.2, 0.25) is 5.02 Å². The average Bonchev–Trinajstić information content (AvgIpc) is 3.38. The molecule has 8 nitrogen and oxygen atoms in total. The Bertz CT molecular complexity index is 1120. The summed E-state index contributed by atoms with van der Waals surface area (Å²) in [5.74, 6) is -0.469. The first kappa shape index (κ1) is 23.0. The predicted molar refractivity (Wildman–Crippen MR) is 116 cm³/mol. The molecule has 1 aromatic carbocycles. The first-order valence-electron chi connectivity index (χ1n) is 10.4. The number of carbonyl (C=O) groups is 1. The number of ether oxygens (including phenoxy) is 2. The summed E-state index contributed by atoms with van der Waals surface area (Å²) in [4.78, 5) is 14.2. The zero-order valence-corrected chi connectivity index (χ0v) is 19.4. The van der Waals surface area contributed by atoms with E-state index in [0.29, 0.717) is 19.0 Å². The van der Waals surface area contributed by atoms with Crippen LogP contribution in [-0.2, 0) is 24.1 Å². The van der Waals surface area contributed by atoms with E-state index in [1.54, 1.807) is 4.90 Å². The number of methoxy groups -OCH3 is 1. The normalized spacial score (nSPS) is 22.3. The van der Waals surface area contributed by atoms with Gasteiger partial charge in [0.05, 0.1) is 34.0 Å². The number of hydrogen-bond donors (Lipinski definition) is 0. The largest absolute Gasteiger partial charge is 0.467 e. The molecular weight excluding hydrogens is 461 g/mol. The third kappa shape index (κ3) is 4.23. The summed E-state index contributed by atoms with van der Waals surface area (Å²) in [6.45, 7) is 3.15. The van der Waals surface area contributed by atoms with Crippen LogP contribution in [0.25, 0.3) is 0 Å². The van der Waals surface area contributed by atoms with Crippen LogP contribution in [-0.4, -0.2) is 62.3 Å². The fraction of sp³-hybridized carbons (Fsp3) is 0.524. The minimum absolute atomic E-state index is 0.0285. The molecule has 0 N–H and O–H groups in total. The van der Waals surface area contributed by atoms with Crippen LogP contribution in [0, 0.1) is 12.7 Å². The van der Waals surface area contributed by atoms with Gasteiger partial charge in [-0.25, -0.2) is 22.3 Å². The summed E-state index contributed by atoms with van der Waals surface area (Å²) in [5, 5.41) is 3.52. The van der Waals surface area contributed by atoms with Crippen molar-refractivity contribution in [2.24, 2.45) is 0 Å². The van der Waals surface area contributed by atoms with E-state index >= 15 is 0 Å². The summed E-state index contributed by atoms with van der Waals surface area (Å²) in [7, 11) is -2.65. The lowest BCUT2D eigenvalue weighted by atomic mass is 10.1. The quantitative estimate of drug-likeness (QED) is 0.475. The summed E-state index contributed by atoms with van der Waals surface area (Å²) in [5.41, 5.74) is 0.767. The van der Waals surface area contributed by atoms with Gasteiger partial charge in [-0.05, 0) is 44.4 Å². The molecule has 3 heterocycles. The van der Waals surface area contributed by atoms with Crippen LogP contribution >= 0.6 is 11.6 Å². The number of hydrogen-bond acceptors (Lipinski definition) is 7. The number of nitrogens with zero attached hydrogens (tertiary/aromatic N) is 3. The number of benzene rings is 1. The highest BCUT2D eigenvalue weighted by molar-refractivity contribution is 7.92. The first-order chi connectivity index (χ1) is 15.2. The lowest BCUT2D eigenvalue weighted by molar-refractivity contribution is -0.141. The van der Waals surface area contributed by atoms with Crippen molar-refractivity contribution < 1.29 is 27.1 Å². The van der Waals surface area contributed by atoms with Crippen LogP contribution in [0.4, 0.5) is 10.2 Å². The lowest BCUT2D eigenvalue weighted by Gasteiger charge is -2.29. The molecular formula is C21H25ClFN3O5S. The Kier molecular flexibility index (Phi) is 6.46. The summed E-state index contributed by atoms with van der Waals surface area (Å²) in [6.07, 6.45) is 1.58.